The Morgan fingerprint density at radius 2 is 2.00 bits per heavy atom. The Morgan fingerprint density at radius 3 is 2.56 bits per heavy atom. The molecule has 2 aliphatic heterocycles. The van der Waals surface area contributed by atoms with Crippen molar-refractivity contribution >= 4 is 17.8 Å². The number of carboxylic acids is 1. The van der Waals surface area contributed by atoms with Gasteiger partial charge >= 0.3 is 5.97 Å². The number of H-pyrrole nitrogens is 1. The fourth-order valence-electron chi connectivity index (χ4n) is 3.85. The minimum Gasteiger partial charge on any atom is -0.480 e. The van der Waals surface area contributed by atoms with E-state index >= 15 is 0 Å². The number of aromatic nitrogens is 2. The number of nitrogens with zero attached hydrogens (tertiary/aromatic N) is 3. The quantitative estimate of drug-likeness (QED) is 0.849. The van der Waals surface area contributed by atoms with Crippen molar-refractivity contribution in [1.82, 2.24) is 19.8 Å². The molecule has 0 aromatic carbocycles. The van der Waals surface area contributed by atoms with Crippen LogP contribution in [-0.2, 0) is 9.59 Å². The molecule has 8 nitrogen and oxygen atoms in total. The highest BCUT2D eigenvalue weighted by molar-refractivity contribution is 5.93. The molecule has 3 rings (SSSR count). The van der Waals surface area contributed by atoms with Gasteiger partial charge in [-0.3, -0.25) is 9.59 Å². The number of carboxylic acid groups (broad SMARTS) is 1. The van der Waals surface area contributed by atoms with Gasteiger partial charge in [0.2, 0.25) is 5.91 Å². The average molecular weight is 348 g/mol. The van der Waals surface area contributed by atoms with Gasteiger partial charge in [-0.1, -0.05) is 0 Å². The third-order valence-corrected chi connectivity index (χ3v) is 5.66. The van der Waals surface area contributed by atoms with Crippen LogP contribution in [0.3, 0.4) is 0 Å². The molecule has 1 aromatic rings. The number of imidazole rings is 1. The fourth-order valence-corrected chi connectivity index (χ4v) is 3.85. The third kappa shape index (κ3) is 3.25. The molecule has 2 saturated heterocycles. The Morgan fingerprint density at radius 1 is 1.32 bits per heavy atom. The van der Waals surface area contributed by atoms with Gasteiger partial charge in [-0.05, 0) is 38.5 Å². The van der Waals surface area contributed by atoms with E-state index in [2.05, 4.69) is 9.97 Å². The smallest absolute Gasteiger partial charge is 0.326 e. The van der Waals surface area contributed by atoms with Crippen LogP contribution < -0.4 is 0 Å². The summed E-state index contributed by atoms with van der Waals surface area (Å²) in [6.07, 6.45) is 4.21. The summed E-state index contributed by atoms with van der Waals surface area (Å²) < 4.78 is 0. The first kappa shape index (κ1) is 17.4. The number of hydrogen-bond acceptors (Lipinski definition) is 4. The van der Waals surface area contributed by atoms with Crippen molar-refractivity contribution in [3.63, 3.8) is 0 Å². The number of piperidine rings is 2. The summed E-state index contributed by atoms with van der Waals surface area (Å²) in [7, 11) is 0. The number of carbonyl (C=O) groups is 3. The van der Waals surface area contributed by atoms with Crippen LogP contribution in [0.25, 0.3) is 0 Å². The first-order chi connectivity index (χ1) is 11.8. The van der Waals surface area contributed by atoms with Crippen molar-refractivity contribution in [2.45, 2.75) is 45.6 Å². The molecule has 1 atom stereocenters. The standard InChI is InChI=1S/C17H24N4O4/c1-11-14(19-10-18-11)15(23)20-7-5-17(6-8-20)4-3-13(22)21(9-17)12(2)16(24)25/h10,12H,3-9H2,1-2H3,(H,18,19)(H,24,25)/t12-/m1/s1. The number of hydrogen-bond donors (Lipinski definition) is 2. The molecule has 0 unspecified atom stereocenters. The van der Waals surface area contributed by atoms with E-state index < -0.39 is 12.0 Å². The summed E-state index contributed by atoms with van der Waals surface area (Å²) in [5.41, 5.74) is 1.13. The highest BCUT2D eigenvalue weighted by Gasteiger charge is 2.44. The SMILES string of the molecule is Cc1[nH]cnc1C(=O)N1CCC2(CCC(=O)N([C@H](C)C(=O)O)C2)CC1. The minimum absolute atomic E-state index is 0.0729. The lowest BCUT2D eigenvalue weighted by molar-refractivity contribution is -0.154. The van der Waals surface area contributed by atoms with E-state index in [1.165, 1.54) is 11.2 Å². The van der Waals surface area contributed by atoms with Gasteiger partial charge in [0.05, 0.1) is 6.33 Å². The van der Waals surface area contributed by atoms with Gasteiger partial charge in [0.15, 0.2) is 0 Å². The van der Waals surface area contributed by atoms with Gasteiger partial charge < -0.3 is 19.9 Å². The number of aliphatic carboxylic acids is 1. The minimum atomic E-state index is -0.980. The summed E-state index contributed by atoms with van der Waals surface area (Å²) >= 11 is 0. The Labute approximate surface area is 146 Å². The molecule has 2 amide bonds. The second-order valence-corrected chi connectivity index (χ2v) is 7.20. The van der Waals surface area contributed by atoms with Gasteiger partial charge in [0.1, 0.15) is 11.7 Å². The lowest BCUT2D eigenvalue weighted by Gasteiger charge is -2.48. The summed E-state index contributed by atoms with van der Waals surface area (Å²) in [5.74, 6) is -1.14. The van der Waals surface area contributed by atoms with Crippen LogP contribution >= 0.6 is 0 Å². The Hall–Kier alpha value is -2.38. The molecule has 0 saturated carbocycles. The molecule has 2 fully saturated rings. The van der Waals surface area contributed by atoms with Crippen LogP contribution in [0.1, 0.15) is 48.8 Å². The van der Waals surface area contributed by atoms with E-state index in [0.717, 1.165) is 25.0 Å². The summed E-state index contributed by atoms with van der Waals surface area (Å²) in [6, 6.07) is -0.809. The number of amides is 2. The first-order valence-corrected chi connectivity index (χ1v) is 8.64. The van der Waals surface area contributed by atoms with E-state index in [-0.39, 0.29) is 17.2 Å². The molecule has 25 heavy (non-hydrogen) atoms. The highest BCUT2D eigenvalue weighted by atomic mass is 16.4. The topological polar surface area (TPSA) is 107 Å². The second kappa shape index (κ2) is 6.50. The second-order valence-electron chi connectivity index (χ2n) is 7.20. The molecule has 0 radical (unpaired) electrons. The van der Waals surface area contributed by atoms with E-state index in [1.54, 1.807) is 11.8 Å². The van der Waals surface area contributed by atoms with Crippen LogP contribution in [0.2, 0.25) is 0 Å². The summed E-state index contributed by atoms with van der Waals surface area (Å²) in [4.78, 5) is 46.3. The lowest BCUT2D eigenvalue weighted by Crippen LogP contribution is -2.55. The number of rotatable bonds is 3. The number of aromatic amines is 1. The number of nitrogens with one attached hydrogen (secondary N) is 1. The summed E-state index contributed by atoms with van der Waals surface area (Å²) in [6.45, 7) is 5.05. The van der Waals surface area contributed by atoms with Crippen molar-refractivity contribution in [2.75, 3.05) is 19.6 Å². The number of likely N-dealkylation sites (tertiary alicyclic amines) is 2. The Balaban J connectivity index is 1.66. The molecule has 8 heteroatoms. The Bertz CT molecular complexity index is 691. The van der Waals surface area contributed by atoms with E-state index in [0.29, 0.717) is 31.7 Å². The zero-order valence-electron chi connectivity index (χ0n) is 14.6. The molecule has 1 aromatic heterocycles. The molecule has 3 heterocycles. The first-order valence-electron chi connectivity index (χ1n) is 8.64. The van der Waals surface area contributed by atoms with Crippen LogP contribution in [0.15, 0.2) is 6.33 Å². The predicted octanol–water partition coefficient (Wildman–Crippen LogP) is 1.04. The average Bonchev–Trinajstić information content (AvgIpc) is 3.02. The molecular weight excluding hydrogens is 324 g/mol. The van der Waals surface area contributed by atoms with Crippen molar-refractivity contribution in [3.8, 4) is 0 Å². The van der Waals surface area contributed by atoms with Gasteiger partial charge in [-0.25, -0.2) is 9.78 Å². The van der Waals surface area contributed by atoms with E-state index in [9.17, 15) is 19.5 Å². The van der Waals surface area contributed by atoms with E-state index in [4.69, 9.17) is 0 Å². The normalized spacial score (nSPS) is 21.4. The highest BCUT2D eigenvalue weighted by Crippen LogP contribution is 2.41. The van der Waals surface area contributed by atoms with Crippen LogP contribution in [-0.4, -0.2) is 68.3 Å². The van der Waals surface area contributed by atoms with Crippen molar-refractivity contribution in [1.29, 1.82) is 0 Å². The van der Waals surface area contributed by atoms with Crippen LogP contribution in [0, 0.1) is 12.3 Å². The maximum absolute atomic E-state index is 12.6. The van der Waals surface area contributed by atoms with Gasteiger partial charge in [0, 0.05) is 31.7 Å². The third-order valence-electron chi connectivity index (χ3n) is 5.66. The van der Waals surface area contributed by atoms with Gasteiger partial charge in [0.25, 0.3) is 5.91 Å². The van der Waals surface area contributed by atoms with Crippen molar-refractivity contribution in [3.05, 3.63) is 17.7 Å². The molecule has 0 bridgehead atoms. The molecule has 0 aliphatic carbocycles. The largest absolute Gasteiger partial charge is 0.480 e. The molecule has 2 aliphatic rings. The van der Waals surface area contributed by atoms with Crippen LogP contribution in [0.4, 0.5) is 0 Å². The molecular formula is C17H24N4O4. The number of carbonyl (C=O) groups excluding carboxylic acids is 2. The maximum Gasteiger partial charge on any atom is 0.326 e. The zero-order chi connectivity index (χ0) is 18.2. The molecule has 136 valence electrons. The molecule has 1 spiro atoms. The zero-order valence-corrected chi connectivity index (χ0v) is 14.6. The Kier molecular flexibility index (Phi) is 4.53. The van der Waals surface area contributed by atoms with Crippen LogP contribution in [0.5, 0.6) is 0 Å². The maximum atomic E-state index is 12.6. The predicted molar refractivity (Wildman–Crippen MR) is 88.9 cm³/mol. The van der Waals surface area contributed by atoms with Gasteiger partial charge in [-0.15, -0.1) is 0 Å². The van der Waals surface area contributed by atoms with Crippen molar-refractivity contribution < 1.29 is 19.5 Å². The monoisotopic (exact) mass is 348 g/mol. The lowest BCUT2D eigenvalue weighted by atomic mass is 9.72. The van der Waals surface area contributed by atoms with E-state index in [1.807, 2.05) is 6.92 Å². The summed E-state index contributed by atoms with van der Waals surface area (Å²) in [5, 5.41) is 9.23. The molecule has 2 N–H and O–H groups in total. The fraction of sp³-hybridized carbons (Fsp3) is 0.647. The number of aryl methyl sites for hydroxylation is 1. The van der Waals surface area contributed by atoms with Gasteiger partial charge in [-0.2, -0.15) is 0 Å². The van der Waals surface area contributed by atoms with Crippen molar-refractivity contribution in [2.24, 2.45) is 5.41 Å².